The van der Waals surface area contributed by atoms with E-state index in [1.54, 1.807) is 0 Å². The summed E-state index contributed by atoms with van der Waals surface area (Å²) in [7, 11) is 0. The number of nitriles is 1. The van der Waals surface area contributed by atoms with Crippen LogP contribution in [0, 0.1) is 28.8 Å². The fourth-order valence-corrected chi connectivity index (χ4v) is 5.56. The number of carbonyl (C=O) groups excluding carboxylic acids is 3. The summed E-state index contributed by atoms with van der Waals surface area (Å²) in [6.07, 6.45) is -1.32. The number of halogens is 4. The molecule has 0 radical (unpaired) electrons. The first-order valence-corrected chi connectivity index (χ1v) is 13.6. The van der Waals surface area contributed by atoms with Crippen LogP contribution in [0.2, 0.25) is 5.02 Å². The van der Waals surface area contributed by atoms with Gasteiger partial charge in [-0.1, -0.05) is 28.6 Å². The first-order chi connectivity index (χ1) is 20.4. The molecule has 4 rings (SSSR count). The largest absolute Gasteiger partial charge is 0.463 e. The summed E-state index contributed by atoms with van der Waals surface area (Å²) < 4.78 is 65.0. The van der Waals surface area contributed by atoms with Crippen LogP contribution in [-0.4, -0.2) is 68.2 Å². The summed E-state index contributed by atoms with van der Waals surface area (Å²) in [4.78, 5) is 40.3. The number of aromatic nitrogens is 4. The van der Waals surface area contributed by atoms with Crippen LogP contribution in [0.25, 0.3) is 11.3 Å². The Kier molecular flexibility index (Phi) is 9.89. The molecule has 3 heterocycles. The SMILES string of the molecule is CC(=O)OCC1OC(Sc2cc(Cl)c(C#N)cn2)C(OC(C)=O)C(n2cc(-c3cc(F)c(F)c(F)c3)nn2)C1OC(C)=O. The Hall–Kier alpha value is -4.20. The maximum Gasteiger partial charge on any atom is 0.303 e. The molecule has 5 unspecified atom stereocenters. The van der Waals surface area contributed by atoms with E-state index >= 15 is 0 Å². The van der Waals surface area contributed by atoms with Crippen molar-refractivity contribution in [3.63, 3.8) is 0 Å². The van der Waals surface area contributed by atoms with Gasteiger partial charge in [-0.2, -0.15) is 5.26 Å². The van der Waals surface area contributed by atoms with Gasteiger partial charge in [-0.25, -0.2) is 22.8 Å². The third kappa shape index (κ3) is 7.42. The van der Waals surface area contributed by atoms with Crippen molar-refractivity contribution in [3.8, 4) is 17.3 Å². The molecule has 12 nitrogen and oxygen atoms in total. The topological polar surface area (TPSA) is 156 Å². The molecule has 43 heavy (non-hydrogen) atoms. The second kappa shape index (κ2) is 13.4. The molecular weight excluding hydrogens is 619 g/mol. The molecule has 0 spiro atoms. The van der Waals surface area contributed by atoms with Gasteiger partial charge in [0.1, 0.15) is 41.0 Å². The second-order valence-electron chi connectivity index (χ2n) is 9.05. The van der Waals surface area contributed by atoms with Gasteiger partial charge in [0, 0.05) is 32.5 Å². The Bertz CT molecular complexity index is 1580. The third-order valence-electron chi connectivity index (χ3n) is 5.95. The zero-order valence-corrected chi connectivity index (χ0v) is 24.1. The lowest BCUT2D eigenvalue weighted by Gasteiger charge is -2.44. The lowest BCUT2D eigenvalue weighted by Crippen LogP contribution is -2.57. The van der Waals surface area contributed by atoms with Gasteiger partial charge in [-0.3, -0.25) is 14.4 Å². The molecule has 0 saturated carbocycles. The van der Waals surface area contributed by atoms with Crippen LogP contribution in [0.5, 0.6) is 0 Å². The molecule has 1 aliphatic heterocycles. The van der Waals surface area contributed by atoms with Crippen LogP contribution >= 0.6 is 23.4 Å². The fourth-order valence-electron chi connectivity index (χ4n) is 4.22. The molecule has 1 fully saturated rings. The number of carbonyl (C=O) groups is 3. The van der Waals surface area contributed by atoms with E-state index < -0.39 is 71.8 Å². The van der Waals surface area contributed by atoms with E-state index in [9.17, 15) is 32.8 Å². The minimum Gasteiger partial charge on any atom is -0.463 e. The highest BCUT2D eigenvalue weighted by Gasteiger charge is 2.52. The van der Waals surface area contributed by atoms with Gasteiger partial charge in [0.2, 0.25) is 0 Å². The van der Waals surface area contributed by atoms with Crippen molar-refractivity contribution in [3.05, 3.63) is 58.6 Å². The number of nitrogens with zero attached hydrogens (tertiary/aromatic N) is 5. The number of ether oxygens (including phenoxy) is 4. The molecule has 226 valence electrons. The van der Waals surface area contributed by atoms with Gasteiger partial charge in [-0.15, -0.1) is 5.10 Å². The highest BCUT2D eigenvalue weighted by Crippen LogP contribution is 2.41. The minimum atomic E-state index is -1.67. The van der Waals surface area contributed by atoms with E-state index in [1.165, 1.54) is 18.5 Å². The van der Waals surface area contributed by atoms with Gasteiger partial charge in [-0.05, 0) is 18.2 Å². The standard InChI is InChI=1S/C26H21ClF3N5O7S/c1-11(36)39-10-20-24(40-12(2)37)23(35-9-19(33-34-35)14-4-17(28)22(30)18(29)5-14)25(41-13(3)38)26(42-20)43-21-6-16(27)15(7-31)8-32-21/h4-6,8-9,20,23-26H,10H2,1-3H3. The number of thioether (sulfide) groups is 1. The van der Waals surface area contributed by atoms with Crippen LogP contribution in [0.3, 0.4) is 0 Å². The summed E-state index contributed by atoms with van der Waals surface area (Å²) >= 11 is 7.09. The van der Waals surface area contributed by atoms with Gasteiger partial charge < -0.3 is 18.9 Å². The molecule has 1 saturated heterocycles. The summed E-state index contributed by atoms with van der Waals surface area (Å²) in [6, 6.07) is 3.48. The van der Waals surface area contributed by atoms with E-state index in [2.05, 4.69) is 15.3 Å². The Morgan fingerprint density at radius 3 is 2.30 bits per heavy atom. The first kappa shape index (κ1) is 31.7. The average molecular weight is 640 g/mol. The molecule has 2 aromatic heterocycles. The fraction of sp³-hybridized carbons (Fsp3) is 0.346. The highest BCUT2D eigenvalue weighted by molar-refractivity contribution is 7.99. The molecule has 0 N–H and O–H groups in total. The van der Waals surface area contributed by atoms with Crippen LogP contribution in [0.15, 0.2) is 35.6 Å². The summed E-state index contributed by atoms with van der Waals surface area (Å²) in [6.45, 7) is 2.98. The number of hydrogen-bond acceptors (Lipinski definition) is 12. The number of esters is 3. The van der Waals surface area contributed by atoms with Gasteiger partial charge in [0.15, 0.2) is 29.7 Å². The van der Waals surface area contributed by atoms with Crippen molar-refractivity contribution in [2.75, 3.05) is 6.61 Å². The molecule has 3 aromatic rings. The first-order valence-electron chi connectivity index (χ1n) is 12.3. The van der Waals surface area contributed by atoms with E-state index in [0.29, 0.717) is 12.1 Å². The maximum absolute atomic E-state index is 14.0. The molecule has 0 aliphatic carbocycles. The van der Waals surface area contributed by atoms with Crippen molar-refractivity contribution in [2.24, 2.45) is 0 Å². The van der Waals surface area contributed by atoms with Gasteiger partial charge >= 0.3 is 17.9 Å². The Labute approximate surface area is 251 Å². The summed E-state index contributed by atoms with van der Waals surface area (Å²) in [5, 5.41) is 17.5. The van der Waals surface area contributed by atoms with Crippen molar-refractivity contribution in [2.45, 2.75) is 55.6 Å². The summed E-state index contributed by atoms with van der Waals surface area (Å²) in [5.41, 5.74) is -1.29. The third-order valence-corrected chi connectivity index (χ3v) is 7.34. The van der Waals surface area contributed by atoms with Gasteiger partial charge in [0.05, 0.1) is 16.8 Å². The lowest BCUT2D eigenvalue weighted by molar-refractivity contribution is -0.212. The normalized spacial score (nSPS) is 21.5. The number of rotatable bonds is 8. The van der Waals surface area contributed by atoms with Gasteiger partial charge in [0.25, 0.3) is 0 Å². The Balaban J connectivity index is 1.82. The minimum absolute atomic E-state index is 0.0883. The van der Waals surface area contributed by atoms with E-state index in [1.807, 2.05) is 6.07 Å². The maximum atomic E-state index is 14.0. The number of hydrogen-bond donors (Lipinski definition) is 0. The van der Waals surface area contributed by atoms with Crippen LogP contribution in [0.1, 0.15) is 32.4 Å². The predicted octanol–water partition coefficient (Wildman–Crippen LogP) is 3.77. The predicted molar refractivity (Wildman–Crippen MR) is 141 cm³/mol. The molecule has 1 aliphatic rings. The second-order valence-corrected chi connectivity index (χ2v) is 10.6. The highest BCUT2D eigenvalue weighted by atomic mass is 35.5. The smallest absolute Gasteiger partial charge is 0.303 e. The Morgan fingerprint density at radius 1 is 1.07 bits per heavy atom. The van der Waals surface area contributed by atoms with Crippen molar-refractivity contribution >= 4 is 41.3 Å². The number of pyridine rings is 1. The monoisotopic (exact) mass is 639 g/mol. The summed E-state index contributed by atoms with van der Waals surface area (Å²) in [5.74, 6) is -6.80. The molecule has 17 heteroatoms. The van der Waals surface area contributed by atoms with Crippen molar-refractivity contribution < 1.29 is 46.5 Å². The number of benzene rings is 1. The zero-order chi connectivity index (χ0) is 31.4. The van der Waals surface area contributed by atoms with E-state index in [4.69, 9.17) is 30.5 Å². The van der Waals surface area contributed by atoms with Crippen LogP contribution in [-0.2, 0) is 33.3 Å². The quantitative estimate of drug-likeness (QED) is 0.200. The molecule has 0 amide bonds. The van der Waals surface area contributed by atoms with Crippen LogP contribution < -0.4 is 0 Å². The molecule has 5 atom stereocenters. The Morgan fingerprint density at radius 2 is 1.72 bits per heavy atom. The lowest BCUT2D eigenvalue weighted by atomic mass is 9.96. The molecular formula is C26H21ClF3N5O7S. The van der Waals surface area contributed by atoms with Crippen molar-refractivity contribution in [1.82, 2.24) is 20.0 Å². The molecule has 0 bridgehead atoms. The van der Waals surface area contributed by atoms with Crippen molar-refractivity contribution in [1.29, 1.82) is 5.26 Å². The van der Waals surface area contributed by atoms with Crippen LogP contribution in [0.4, 0.5) is 13.2 Å². The zero-order valence-electron chi connectivity index (χ0n) is 22.5. The van der Waals surface area contributed by atoms with E-state index in [-0.39, 0.29) is 26.9 Å². The average Bonchev–Trinajstić information content (AvgIpc) is 3.41. The van der Waals surface area contributed by atoms with E-state index in [0.717, 1.165) is 37.2 Å². The molecule has 1 aromatic carbocycles.